The Balaban J connectivity index is 1.74. The highest BCUT2D eigenvalue weighted by Crippen LogP contribution is 2.34. The summed E-state index contributed by atoms with van der Waals surface area (Å²) in [6.45, 7) is 3.05. The second kappa shape index (κ2) is 15.2. The number of hydrogen-bond acceptors (Lipinski definition) is 6. The number of aryl methyl sites for hydroxylation is 1. The van der Waals surface area contributed by atoms with Crippen LogP contribution in [0, 0.1) is 12.7 Å². The van der Waals surface area contributed by atoms with Crippen molar-refractivity contribution in [1.82, 2.24) is 10.2 Å². The summed E-state index contributed by atoms with van der Waals surface area (Å²) in [5.74, 6) is -0.631. The van der Waals surface area contributed by atoms with Gasteiger partial charge < -0.3 is 19.7 Å². The lowest BCUT2D eigenvalue weighted by molar-refractivity contribution is -0.140. The number of rotatable bonds is 13. The summed E-state index contributed by atoms with van der Waals surface area (Å²) in [6, 6.07) is 15.8. The van der Waals surface area contributed by atoms with Crippen LogP contribution in [0.15, 0.2) is 71.6 Å². The van der Waals surface area contributed by atoms with Crippen molar-refractivity contribution < 1.29 is 31.9 Å². The van der Waals surface area contributed by atoms with E-state index < -0.39 is 34.3 Å². The fraction of sp³-hybridized carbons (Fsp3) is 0.412. The average Bonchev–Trinajstić information content (AvgIpc) is 3.04. The minimum Gasteiger partial charge on any atom is -0.493 e. The Hall–Kier alpha value is -4.12. The van der Waals surface area contributed by atoms with E-state index in [9.17, 15) is 22.4 Å². The summed E-state index contributed by atoms with van der Waals surface area (Å²) in [7, 11) is -1.35. The van der Waals surface area contributed by atoms with Crippen molar-refractivity contribution in [2.75, 3.05) is 25.1 Å². The molecule has 1 atom stereocenters. The molecule has 0 bridgehead atoms. The van der Waals surface area contributed by atoms with E-state index in [-0.39, 0.29) is 34.8 Å². The normalized spacial score (nSPS) is 14.3. The standard InChI is InChI=1S/C34H42FN3O6S/c1-5-30(34(40)36-27-9-7-6-8-10-27)37(22-25-13-15-26(35)16-14-25)33(39)23-38(28-17-20-31(43-3)32(21-28)44-4)45(41,42)29-18-11-24(2)12-19-29/h11-21,27,30H,5-10,22-23H2,1-4H3,(H,36,40). The van der Waals surface area contributed by atoms with Gasteiger partial charge >= 0.3 is 0 Å². The number of nitrogens with one attached hydrogen (secondary N) is 1. The number of methoxy groups -OCH3 is 2. The van der Waals surface area contributed by atoms with E-state index >= 15 is 0 Å². The quantitative estimate of drug-likeness (QED) is 0.261. The first-order valence-corrected chi connectivity index (χ1v) is 16.7. The fourth-order valence-corrected chi connectivity index (χ4v) is 7.00. The molecule has 1 N–H and O–H groups in total. The van der Waals surface area contributed by atoms with Crippen LogP contribution in [0.25, 0.3) is 0 Å². The van der Waals surface area contributed by atoms with Crippen LogP contribution in [0.3, 0.4) is 0 Å². The highest BCUT2D eigenvalue weighted by molar-refractivity contribution is 7.92. The lowest BCUT2D eigenvalue weighted by Crippen LogP contribution is -2.54. The zero-order valence-electron chi connectivity index (χ0n) is 26.3. The molecule has 1 unspecified atom stereocenters. The summed E-state index contributed by atoms with van der Waals surface area (Å²) >= 11 is 0. The second-order valence-corrected chi connectivity index (χ2v) is 13.1. The van der Waals surface area contributed by atoms with Crippen molar-refractivity contribution in [3.05, 3.63) is 83.7 Å². The smallest absolute Gasteiger partial charge is 0.264 e. The first kappa shape index (κ1) is 33.8. The van der Waals surface area contributed by atoms with Gasteiger partial charge in [-0.25, -0.2) is 12.8 Å². The Morgan fingerprint density at radius 2 is 1.58 bits per heavy atom. The van der Waals surface area contributed by atoms with E-state index in [0.29, 0.717) is 17.7 Å². The first-order valence-electron chi connectivity index (χ1n) is 15.2. The number of anilines is 1. The molecule has 0 saturated heterocycles. The van der Waals surface area contributed by atoms with Crippen LogP contribution in [0.1, 0.15) is 56.6 Å². The van der Waals surface area contributed by atoms with E-state index in [4.69, 9.17) is 9.47 Å². The molecule has 0 radical (unpaired) electrons. The molecular weight excluding hydrogens is 597 g/mol. The van der Waals surface area contributed by atoms with Gasteiger partial charge in [-0.2, -0.15) is 0 Å². The van der Waals surface area contributed by atoms with Crippen LogP contribution in [0.2, 0.25) is 0 Å². The van der Waals surface area contributed by atoms with E-state index in [1.807, 2.05) is 13.8 Å². The Bertz CT molecular complexity index is 1560. The van der Waals surface area contributed by atoms with Gasteiger partial charge in [-0.15, -0.1) is 0 Å². The fourth-order valence-electron chi connectivity index (χ4n) is 5.60. The van der Waals surface area contributed by atoms with Crippen molar-refractivity contribution in [2.24, 2.45) is 0 Å². The number of amides is 2. The molecule has 1 saturated carbocycles. The van der Waals surface area contributed by atoms with Crippen molar-refractivity contribution in [1.29, 1.82) is 0 Å². The van der Waals surface area contributed by atoms with Gasteiger partial charge in [0.05, 0.1) is 24.8 Å². The molecule has 11 heteroatoms. The van der Waals surface area contributed by atoms with Gasteiger partial charge in [0.15, 0.2) is 11.5 Å². The number of carbonyl (C=O) groups excluding carboxylic acids is 2. The van der Waals surface area contributed by atoms with E-state index in [0.717, 1.165) is 42.0 Å². The SMILES string of the molecule is CCC(C(=O)NC1CCCCC1)N(Cc1ccc(F)cc1)C(=O)CN(c1ccc(OC)c(OC)c1)S(=O)(=O)c1ccc(C)cc1. The van der Waals surface area contributed by atoms with Crippen molar-refractivity contribution in [3.8, 4) is 11.5 Å². The molecule has 9 nitrogen and oxygen atoms in total. The van der Waals surface area contributed by atoms with Crippen LogP contribution in [0.5, 0.6) is 11.5 Å². The molecule has 3 aromatic carbocycles. The molecule has 0 heterocycles. The predicted molar refractivity (Wildman–Crippen MR) is 171 cm³/mol. The molecule has 1 aliphatic carbocycles. The Kier molecular flexibility index (Phi) is 11.4. The molecule has 1 aliphatic rings. The highest BCUT2D eigenvalue weighted by atomic mass is 32.2. The molecule has 0 spiro atoms. The predicted octanol–water partition coefficient (Wildman–Crippen LogP) is 5.60. The number of ether oxygens (including phenoxy) is 2. The maximum atomic E-state index is 14.3. The monoisotopic (exact) mass is 639 g/mol. The van der Waals surface area contributed by atoms with Crippen LogP contribution >= 0.6 is 0 Å². The van der Waals surface area contributed by atoms with E-state index in [1.54, 1.807) is 30.3 Å². The van der Waals surface area contributed by atoms with Crippen LogP contribution in [0.4, 0.5) is 10.1 Å². The number of sulfonamides is 1. The molecule has 0 aromatic heterocycles. The van der Waals surface area contributed by atoms with E-state index in [1.165, 1.54) is 55.5 Å². The summed E-state index contributed by atoms with van der Waals surface area (Å²) in [6.07, 6.45) is 5.22. The van der Waals surface area contributed by atoms with Gasteiger partial charge in [-0.1, -0.05) is 56.0 Å². The van der Waals surface area contributed by atoms with Crippen molar-refractivity contribution in [2.45, 2.75) is 75.9 Å². The van der Waals surface area contributed by atoms with Gasteiger partial charge in [0.2, 0.25) is 11.8 Å². The number of nitrogens with zero attached hydrogens (tertiary/aromatic N) is 2. The average molecular weight is 640 g/mol. The zero-order chi connectivity index (χ0) is 32.6. The Morgan fingerprint density at radius 1 is 0.933 bits per heavy atom. The molecule has 242 valence electrons. The van der Waals surface area contributed by atoms with Gasteiger partial charge in [-0.3, -0.25) is 13.9 Å². The molecule has 0 aliphatic heterocycles. The van der Waals surface area contributed by atoms with Gasteiger partial charge in [-0.05, 0) is 68.1 Å². The lowest BCUT2D eigenvalue weighted by Gasteiger charge is -2.34. The van der Waals surface area contributed by atoms with Gasteiger partial charge in [0, 0.05) is 18.7 Å². The topological polar surface area (TPSA) is 105 Å². The number of benzene rings is 3. The summed E-state index contributed by atoms with van der Waals surface area (Å²) < 4.78 is 53.9. The molecule has 3 aromatic rings. The molecule has 45 heavy (non-hydrogen) atoms. The van der Waals surface area contributed by atoms with Gasteiger partial charge in [0.25, 0.3) is 10.0 Å². The third-order valence-corrected chi connectivity index (χ3v) is 9.93. The van der Waals surface area contributed by atoms with E-state index in [2.05, 4.69) is 5.32 Å². The molecule has 2 amide bonds. The number of carbonyl (C=O) groups is 2. The second-order valence-electron chi connectivity index (χ2n) is 11.3. The van der Waals surface area contributed by atoms with Crippen LogP contribution < -0.4 is 19.1 Å². The van der Waals surface area contributed by atoms with Crippen molar-refractivity contribution >= 4 is 27.5 Å². The summed E-state index contributed by atoms with van der Waals surface area (Å²) in [4.78, 5) is 29.4. The van der Waals surface area contributed by atoms with Crippen LogP contribution in [-0.2, 0) is 26.2 Å². The zero-order valence-corrected chi connectivity index (χ0v) is 27.1. The van der Waals surface area contributed by atoms with Gasteiger partial charge in [0.1, 0.15) is 18.4 Å². The third kappa shape index (κ3) is 8.33. The summed E-state index contributed by atoms with van der Waals surface area (Å²) in [5.41, 5.74) is 1.67. The molecule has 1 fully saturated rings. The maximum absolute atomic E-state index is 14.3. The largest absolute Gasteiger partial charge is 0.493 e. The lowest BCUT2D eigenvalue weighted by atomic mass is 9.95. The Morgan fingerprint density at radius 3 is 2.18 bits per heavy atom. The van der Waals surface area contributed by atoms with Crippen LogP contribution in [-0.4, -0.2) is 58.0 Å². The van der Waals surface area contributed by atoms with Crippen molar-refractivity contribution in [3.63, 3.8) is 0 Å². The first-order chi connectivity index (χ1) is 21.6. The number of hydrogen-bond donors (Lipinski definition) is 1. The third-order valence-electron chi connectivity index (χ3n) is 8.15. The minimum absolute atomic E-state index is 0.00264. The molecular formula is C34H42FN3O6S. The Labute approximate surface area is 265 Å². The minimum atomic E-state index is -4.26. The maximum Gasteiger partial charge on any atom is 0.264 e. The molecule has 4 rings (SSSR count). The summed E-state index contributed by atoms with van der Waals surface area (Å²) in [5, 5.41) is 3.12. The highest BCUT2D eigenvalue weighted by Gasteiger charge is 2.34. The number of halogens is 1.